The highest BCUT2D eigenvalue weighted by Gasteiger charge is 2.16. The molecular formula is C11H15ClN2O3S. The molecule has 0 saturated heterocycles. The number of carbonyl (C=O) groups excluding carboxylic acids is 1. The normalized spacial score (nSPS) is 13.1. The van der Waals surface area contributed by atoms with Crippen molar-refractivity contribution in [3.05, 3.63) is 28.8 Å². The Labute approximate surface area is 111 Å². The second kappa shape index (κ2) is 5.69. The second-order valence-corrected chi connectivity index (χ2v) is 5.91. The van der Waals surface area contributed by atoms with E-state index in [2.05, 4.69) is 5.32 Å². The molecule has 1 rings (SSSR count). The molecule has 1 aromatic rings. The summed E-state index contributed by atoms with van der Waals surface area (Å²) in [5.41, 5.74) is 0.212. The lowest BCUT2D eigenvalue weighted by atomic mass is 10.2. The number of nitrogens with two attached hydrogens (primary N) is 1. The van der Waals surface area contributed by atoms with Gasteiger partial charge in [-0.1, -0.05) is 18.5 Å². The fourth-order valence-corrected chi connectivity index (χ4v) is 2.34. The SMILES string of the molecule is CCC(C)NC(=O)c1ccc(Cl)c(S(N)(=O)=O)c1. The van der Waals surface area contributed by atoms with Crippen molar-refractivity contribution in [3.63, 3.8) is 0 Å². The zero-order chi connectivity index (χ0) is 13.9. The summed E-state index contributed by atoms with van der Waals surface area (Å²) in [4.78, 5) is 11.6. The molecule has 0 spiro atoms. The molecule has 0 saturated carbocycles. The summed E-state index contributed by atoms with van der Waals surface area (Å²) >= 11 is 5.73. The minimum Gasteiger partial charge on any atom is -0.350 e. The van der Waals surface area contributed by atoms with Gasteiger partial charge >= 0.3 is 0 Å². The average Bonchev–Trinajstić information content (AvgIpc) is 2.27. The van der Waals surface area contributed by atoms with Gasteiger partial charge in [-0.15, -0.1) is 0 Å². The third kappa shape index (κ3) is 3.69. The molecule has 0 radical (unpaired) electrons. The summed E-state index contributed by atoms with van der Waals surface area (Å²) in [6.45, 7) is 3.79. The van der Waals surface area contributed by atoms with Gasteiger partial charge in [-0.25, -0.2) is 13.6 Å². The van der Waals surface area contributed by atoms with Gasteiger partial charge in [0.1, 0.15) is 4.90 Å². The van der Waals surface area contributed by atoms with Crippen molar-refractivity contribution in [2.24, 2.45) is 5.14 Å². The summed E-state index contributed by atoms with van der Waals surface area (Å²) < 4.78 is 22.5. The number of hydrogen-bond acceptors (Lipinski definition) is 3. The highest BCUT2D eigenvalue weighted by Crippen LogP contribution is 2.21. The van der Waals surface area contributed by atoms with Crippen LogP contribution in [-0.2, 0) is 10.0 Å². The molecule has 1 amide bonds. The van der Waals surface area contributed by atoms with E-state index in [-0.39, 0.29) is 27.4 Å². The van der Waals surface area contributed by atoms with Crippen LogP contribution in [0.5, 0.6) is 0 Å². The number of halogens is 1. The van der Waals surface area contributed by atoms with E-state index < -0.39 is 10.0 Å². The maximum Gasteiger partial charge on any atom is 0.251 e. The number of carbonyl (C=O) groups is 1. The Balaban J connectivity index is 3.10. The Kier molecular flexibility index (Phi) is 4.72. The van der Waals surface area contributed by atoms with Crippen LogP contribution < -0.4 is 10.5 Å². The monoisotopic (exact) mass is 290 g/mol. The highest BCUT2D eigenvalue weighted by molar-refractivity contribution is 7.89. The Morgan fingerprint density at radius 3 is 2.61 bits per heavy atom. The van der Waals surface area contributed by atoms with Crippen LogP contribution in [0.1, 0.15) is 30.6 Å². The van der Waals surface area contributed by atoms with Gasteiger partial charge in [-0.05, 0) is 31.5 Å². The first-order valence-corrected chi connectivity index (χ1v) is 7.31. The summed E-state index contributed by atoms with van der Waals surface area (Å²) in [6.07, 6.45) is 0.779. The number of rotatable bonds is 4. The molecule has 1 atom stereocenters. The first-order valence-electron chi connectivity index (χ1n) is 5.39. The van der Waals surface area contributed by atoms with E-state index in [1.807, 2.05) is 13.8 Å². The van der Waals surface area contributed by atoms with E-state index in [4.69, 9.17) is 16.7 Å². The van der Waals surface area contributed by atoms with Gasteiger partial charge in [0, 0.05) is 11.6 Å². The minimum absolute atomic E-state index is 0.00223. The van der Waals surface area contributed by atoms with Gasteiger partial charge in [0.05, 0.1) is 5.02 Å². The number of sulfonamides is 1. The molecule has 100 valence electrons. The summed E-state index contributed by atoms with van der Waals surface area (Å²) in [5.74, 6) is -0.356. The third-order valence-corrected chi connectivity index (χ3v) is 3.88. The van der Waals surface area contributed by atoms with E-state index in [9.17, 15) is 13.2 Å². The molecule has 0 fully saturated rings. The Hall–Kier alpha value is -1.11. The van der Waals surface area contributed by atoms with Gasteiger partial charge in [-0.3, -0.25) is 4.79 Å². The number of benzene rings is 1. The van der Waals surface area contributed by atoms with Crippen molar-refractivity contribution in [1.82, 2.24) is 5.32 Å². The van der Waals surface area contributed by atoms with Gasteiger partial charge in [0.15, 0.2) is 0 Å². The highest BCUT2D eigenvalue weighted by atomic mass is 35.5. The molecule has 5 nitrogen and oxygen atoms in total. The quantitative estimate of drug-likeness (QED) is 0.881. The zero-order valence-electron chi connectivity index (χ0n) is 10.1. The minimum atomic E-state index is -3.94. The molecule has 0 aromatic heterocycles. The van der Waals surface area contributed by atoms with E-state index in [1.54, 1.807) is 0 Å². The van der Waals surface area contributed by atoms with E-state index in [1.165, 1.54) is 18.2 Å². The molecule has 7 heteroatoms. The molecule has 0 aliphatic heterocycles. The molecule has 3 N–H and O–H groups in total. The van der Waals surface area contributed by atoms with Crippen LogP contribution in [0.3, 0.4) is 0 Å². The fraction of sp³-hybridized carbons (Fsp3) is 0.364. The van der Waals surface area contributed by atoms with Crippen molar-refractivity contribution < 1.29 is 13.2 Å². The van der Waals surface area contributed by atoms with Gasteiger partial charge in [-0.2, -0.15) is 0 Å². The largest absolute Gasteiger partial charge is 0.350 e. The van der Waals surface area contributed by atoms with Crippen LogP contribution in [0.15, 0.2) is 23.1 Å². The fourth-order valence-electron chi connectivity index (χ4n) is 1.27. The van der Waals surface area contributed by atoms with Gasteiger partial charge in [0.25, 0.3) is 5.91 Å². The number of hydrogen-bond donors (Lipinski definition) is 2. The predicted octanol–water partition coefficient (Wildman–Crippen LogP) is 1.52. The van der Waals surface area contributed by atoms with E-state index >= 15 is 0 Å². The van der Waals surface area contributed by atoms with Crippen molar-refractivity contribution in [2.75, 3.05) is 0 Å². The van der Waals surface area contributed by atoms with Gasteiger partial charge < -0.3 is 5.32 Å². The number of amides is 1. The lowest BCUT2D eigenvalue weighted by Crippen LogP contribution is -2.32. The van der Waals surface area contributed by atoms with Crippen molar-refractivity contribution >= 4 is 27.5 Å². The van der Waals surface area contributed by atoms with Crippen LogP contribution in [0.2, 0.25) is 5.02 Å². The van der Waals surface area contributed by atoms with E-state index in [0.29, 0.717) is 0 Å². The topological polar surface area (TPSA) is 89.3 Å². The molecule has 0 aliphatic rings. The molecular weight excluding hydrogens is 276 g/mol. The number of nitrogens with one attached hydrogen (secondary N) is 1. The maximum absolute atomic E-state index is 11.8. The predicted molar refractivity (Wildman–Crippen MR) is 70.0 cm³/mol. The third-order valence-electron chi connectivity index (χ3n) is 2.49. The molecule has 0 heterocycles. The van der Waals surface area contributed by atoms with Crippen molar-refractivity contribution in [2.45, 2.75) is 31.2 Å². The second-order valence-electron chi connectivity index (χ2n) is 3.97. The summed E-state index contributed by atoms with van der Waals surface area (Å²) in [5, 5.41) is 7.73. The Morgan fingerprint density at radius 1 is 1.50 bits per heavy atom. The first-order chi connectivity index (χ1) is 8.25. The van der Waals surface area contributed by atoms with Crippen LogP contribution in [0.25, 0.3) is 0 Å². The lowest BCUT2D eigenvalue weighted by Gasteiger charge is -2.12. The maximum atomic E-state index is 11.8. The van der Waals surface area contributed by atoms with Crippen molar-refractivity contribution in [3.8, 4) is 0 Å². The van der Waals surface area contributed by atoms with Gasteiger partial charge in [0.2, 0.25) is 10.0 Å². The first kappa shape index (κ1) is 14.9. The van der Waals surface area contributed by atoms with Crippen LogP contribution >= 0.6 is 11.6 Å². The number of primary sulfonamides is 1. The van der Waals surface area contributed by atoms with Crippen LogP contribution in [0, 0.1) is 0 Å². The average molecular weight is 291 g/mol. The summed E-state index contributed by atoms with van der Waals surface area (Å²) in [6, 6.07) is 3.97. The smallest absolute Gasteiger partial charge is 0.251 e. The van der Waals surface area contributed by atoms with E-state index in [0.717, 1.165) is 6.42 Å². The Morgan fingerprint density at radius 2 is 2.11 bits per heavy atom. The Bertz CT molecular complexity index is 557. The van der Waals surface area contributed by atoms with Crippen molar-refractivity contribution in [1.29, 1.82) is 0 Å². The van der Waals surface area contributed by atoms with Crippen LogP contribution in [-0.4, -0.2) is 20.4 Å². The van der Waals surface area contributed by atoms with Crippen LogP contribution in [0.4, 0.5) is 0 Å². The zero-order valence-corrected chi connectivity index (χ0v) is 11.7. The molecule has 0 bridgehead atoms. The molecule has 1 aromatic carbocycles. The standard InChI is InChI=1S/C11H15ClN2O3S/c1-3-7(2)14-11(15)8-4-5-9(12)10(6-8)18(13,16)17/h4-7H,3H2,1-2H3,(H,14,15)(H2,13,16,17). The molecule has 1 unspecified atom stereocenters. The lowest BCUT2D eigenvalue weighted by molar-refractivity contribution is 0.0939. The molecule has 0 aliphatic carbocycles. The molecule has 18 heavy (non-hydrogen) atoms. The summed E-state index contributed by atoms with van der Waals surface area (Å²) in [7, 11) is -3.94.